The molecule has 1 fully saturated rings. The lowest BCUT2D eigenvalue weighted by molar-refractivity contribution is 0.124. The number of aliphatic hydroxyl groups excluding tert-OH is 1. The summed E-state index contributed by atoms with van der Waals surface area (Å²) in [6, 6.07) is 6.56. The molecular weight excluding hydrogens is 242 g/mol. The number of hydrogen-bond donors (Lipinski definition) is 4. The quantitative estimate of drug-likeness (QED) is 0.486. The van der Waals surface area contributed by atoms with Crippen molar-refractivity contribution in [1.82, 2.24) is 5.32 Å². The number of benzene rings is 1. The highest BCUT2D eigenvalue weighted by Crippen LogP contribution is 2.18. The Morgan fingerprint density at radius 2 is 2.05 bits per heavy atom. The molecule has 0 spiro atoms. The van der Waals surface area contributed by atoms with Gasteiger partial charge in [-0.3, -0.25) is 0 Å². The summed E-state index contributed by atoms with van der Waals surface area (Å²) < 4.78 is 0. The number of carbonyl (C=O) groups excluding carboxylic acids is 1. The first-order chi connectivity index (χ1) is 9.15. The van der Waals surface area contributed by atoms with E-state index >= 15 is 0 Å². The van der Waals surface area contributed by atoms with Gasteiger partial charge < -0.3 is 21.5 Å². The second-order valence-electron chi connectivity index (χ2n) is 5.04. The van der Waals surface area contributed by atoms with Crippen molar-refractivity contribution < 1.29 is 9.90 Å². The number of nitrogens with one attached hydrogen (secondary N) is 2. The molecule has 104 valence electrons. The van der Waals surface area contributed by atoms with Crippen LogP contribution in [0.25, 0.3) is 0 Å². The fourth-order valence-electron chi connectivity index (χ4n) is 2.41. The molecular formula is C14H21N3O2. The maximum absolute atomic E-state index is 11.9. The Labute approximate surface area is 113 Å². The van der Waals surface area contributed by atoms with E-state index in [-0.39, 0.29) is 12.1 Å². The number of amides is 2. The van der Waals surface area contributed by atoms with Gasteiger partial charge >= 0.3 is 6.03 Å². The van der Waals surface area contributed by atoms with Crippen molar-refractivity contribution in [2.75, 3.05) is 11.1 Å². The number of aliphatic hydroxyl groups is 1. The summed E-state index contributed by atoms with van der Waals surface area (Å²) in [6.07, 6.45) is 4.31. The number of nitrogen functional groups attached to an aromatic ring is 1. The van der Waals surface area contributed by atoms with Crippen LogP contribution in [0.3, 0.4) is 0 Å². The van der Waals surface area contributed by atoms with Gasteiger partial charge in [-0.1, -0.05) is 25.3 Å². The normalized spacial score (nSPS) is 23.4. The lowest BCUT2D eigenvalue weighted by atomic mass is 10.1. The van der Waals surface area contributed by atoms with E-state index in [2.05, 4.69) is 10.6 Å². The summed E-state index contributed by atoms with van der Waals surface area (Å²) in [7, 11) is 0. The average Bonchev–Trinajstić information content (AvgIpc) is 2.55. The Bertz CT molecular complexity index is 436. The number of urea groups is 1. The first-order valence-corrected chi connectivity index (χ1v) is 6.76. The van der Waals surface area contributed by atoms with Crippen molar-refractivity contribution in [1.29, 1.82) is 0 Å². The zero-order chi connectivity index (χ0) is 13.7. The molecule has 1 saturated carbocycles. The molecule has 5 nitrogen and oxygen atoms in total. The van der Waals surface area contributed by atoms with Crippen LogP contribution in [0.5, 0.6) is 0 Å². The maximum Gasteiger partial charge on any atom is 0.319 e. The molecule has 0 saturated heterocycles. The van der Waals surface area contributed by atoms with Gasteiger partial charge in [-0.25, -0.2) is 4.79 Å². The van der Waals surface area contributed by atoms with Crippen LogP contribution in [0.15, 0.2) is 24.3 Å². The van der Waals surface area contributed by atoms with Crippen LogP contribution in [0.1, 0.15) is 32.1 Å². The van der Waals surface area contributed by atoms with E-state index in [0.29, 0.717) is 11.4 Å². The number of rotatable bonds is 2. The molecule has 2 rings (SSSR count). The standard InChI is InChI=1S/C14H21N3O2/c15-10-5-4-6-11(9-10)16-14(19)17-12-7-2-1-3-8-13(12)18/h4-6,9,12-13,18H,1-3,7-8,15H2,(H2,16,17,19). The lowest BCUT2D eigenvalue weighted by Crippen LogP contribution is -2.44. The third kappa shape index (κ3) is 4.13. The molecule has 1 aliphatic rings. The van der Waals surface area contributed by atoms with Gasteiger partial charge in [0.2, 0.25) is 0 Å². The Kier molecular flexibility index (Phi) is 4.63. The minimum Gasteiger partial charge on any atom is -0.399 e. The fraction of sp³-hybridized carbons (Fsp3) is 0.500. The molecule has 1 aromatic carbocycles. The Morgan fingerprint density at radius 3 is 2.84 bits per heavy atom. The molecule has 0 bridgehead atoms. The molecule has 5 N–H and O–H groups in total. The van der Waals surface area contributed by atoms with Crippen LogP contribution in [0.2, 0.25) is 0 Å². The molecule has 5 heteroatoms. The predicted molar refractivity (Wildman–Crippen MR) is 75.9 cm³/mol. The largest absolute Gasteiger partial charge is 0.399 e. The zero-order valence-electron chi connectivity index (χ0n) is 10.9. The van der Waals surface area contributed by atoms with Crippen molar-refractivity contribution >= 4 is 17.4 Å². The van der Waals surface area contributed by atoms with Gasteiger partial charge in [0.1, 0.15) is 0 Å². The lowest BCUT2D eigenvalue weighted by Gasteiger charge is -2.22. The van der Waals surface area contributed by atoms with Crippen molar-refractivity contribution in [2.24, 2.45) is 0 Å². The fourth-order valence-corrected chi connectivity index (χ4v) is 2.41. The van der Waals surface area contributed by atoms with Gasteiger partial charge in [-0.05, 0) is 31.0 Å². The molecule has 0 heterocycles. The van der Waals surface area contributed by atoms with E-state index in [0.717, 1.165) is 32.1 Å². The van der Waals surface area contributed by atoms with Gasteiger partial charge in [0.15, 0.2) is 0 Å². The number of anilines is 2. The predicted octanol–water partition coefficient (Wildman–Crippen LogP) is 2.08. The van der Waals surface area contributed by atoms with Gasteiger partial charge in [-0.15, -0.1) is 0 Å². The Balaban J connectivity index is 1.89. The van der Waals surface area contributed by atoms with Crippen molar-refractivity contribution in [3.8, 4) is 0 Å². The molecule has 0 aliphatic heterocycles. The van der Waals surface area contributed by atoms with Crippen molar-refractivity contribution in [3.63, 3.8) is 0 Å². The van der Waals surface area contributed by atoms with Gasteiger partial charge in [0.05, 0.1) is 12.1 Å². The minimum atomic E-state index is -0.450. The van der Waals surface area contributed by atoms with Crippen LogP contribution in [-0.4, -0.2) is 23.3 Å². The van der Waals surface area contributed by atoms with Gasteiger partial charge in [0, 0.05) is 11.4 Å². The van der Waals surface area contributed by atoms with Gasteiger partial charge in [0.25, 0.3) is 0 Å². The number of hydrogen-bond acceptors (Lipinski definition) is 3. The first kappa shape index (κ1) is 13.7. The second-order valence-corrected chi connectivity index (χ2v) is 5.04. The van der Waals surface area contributed by atoms with E-state index in [4.69, 9.17) is 5.73 Å². The Hall–Kier alpha value is -1.75. The highest BCUT2D eigenvalue weighted by atomic mass is 16.3. The highest BCUT2D eigenvalue weighted by Gasteiger charge is 2.23. The van der Waals surface area contributed by atoms with Crippen LogP contribution >= 0.6 is 0 Å². The molecule has 2 atom stereocenters. The highest BCUT2D eigenvalue weighted by molar-refractivity contribution is 5.89. The summed E-state index contributed by atoms with van der Waals surface area (Å²) in [5, 5.41) is 15.5. The van der Waals surface area contributed by atoms with E-state index in [1.54, 1.807) is 24.3 Å². The van der Waals surface area contributed by atoms with E-state index in [9.17, 15) is 9.90 Å². The molecule has 1 aliphatic carbocycles. The van der Waals surface area contributed by atoms with Crippen molar-refractivity contribution in [2.45, 2.75) is 44.2 Å². The van der Waals surface area contributed by atoms with E-state index in [1.165, 1.54) is 0 Å². The molecule has 0 radical (unpaired) electrons. The van der Waals surface area contributed by atoms with Crippen LogP contribution in [-0.2, 0) is 0 Å². The molecule has 1 aromatic rings. The van der Waals surface area contributed by atoms with Gasteiger partial charge in [-0.2, -0.15) is 0 Å². The second kappa shape index (κ2) is 6.43. The minimum absolute atomic E-state index is 0.163. The smallest absolute Gasteiger partial charge is 0.319 e. The average molecular weight is 263 g/mol. The van der Waals surface area contributed by atoms with Crippen LogP contribution in [0.4, 0.5) is 16.2 Å². The zero-order valence-corrected chi connectivity index (χ0v) is 10.9. The SMILES string of the molecule is Nc1cccc(NC(=O)NC2CCCCCC2O)c1. The number of carbonyl (C=O) groups is 1. The summed E-state index contributed by atoms with van der Waals surface area (Å²) in [4.78, 5) is 11.9. The number of nitrogens with two attached hydrogens (primary N) is 1. The first-order valence-electron chi connectivity index (χ1n) is 6.76. The summed E-state index contributed by atoms with van der Waals surface area (Å²) in [5.74, 6) is 0. The monoisotopic (exact) mass is 263 g/mol. The van der Waals surface area contributed by atoms with E-state index < -0.39 is 6.10 Å². The molecule has 0 aromatic heterocycles. The molecule has 2 unspecified atom stereocenters. The summed E-state index contributed by atoms with van der Waals surface area (Å²) in [5.41, 5.74) is 6.91. The maximum atomic E-state index is 11.9. The van der Waals surface area contributed by atoms with Crippen molar-refractivity contribution in [3.05, 3.63) is 24.3 Å². The molecule has 2 amide bonds. The third-order valence-corrected chi connectivity index (χ3v) is 3.44. The topological polar surface area (TPSA) is 87.4 Å². The van der Waals surface area contributed by atoms with E-state index in [1.807, 2.05) is 0 Å². The molecule has 19 heavy (non-hydrogen) atoms. The van der Waals surface area contributed by atoms with Crippen LogP contribution < -0.4 is 16.4 Å². The Morgan fingerprint density at radius 1 is 1.26 bits per heavy atom. The van der Waals surface area contributed by atoms with Crippen LogP contribution in [0, 0.1) is 0 Å². The summed E-state index contributed by atoms with van der Waals surface area (Å²) in [6.45, 7) is 0. The summed E-state index contributed by atoms with van der Waals surface area (Å²) >= 11 is 0. The third-order valence-electron chi connectivity index (χ3n) is 3.44.